The van der Waals surface area contributed by atoms with Gasteiger partial charge in [0.15, 0.2) is 5.03 Å². The number of hydrogen-bond acceptors (Lipinski definition) is 5. The Morgan fingerprint density at radius 2 is 2.00 bits per heavy atom. The minimum atomic E-state index is -4.38. The highest BCUT2D eigenvalue weighted by molar-refractivity contribution is 7.90. The lowest BCUT2D eigenvalue weighted by molar-refractivity contribution is 0.0823. The summed E-state index contributed by atoms with van der Waals surface area (Å²) in [5.74, 6) is -0.589. The summed E-state index contributed by atoms with van der Waals surface area (Å²) in [5, 5.41) is 7.82. The van der Waals surface area contributed by atoms with Crippen molar-refractivity contribution in [3.05, 3.63) is 23.9 Å². The average Bonchev–Trinajstić information content (AvgIpc) is 2.26. The van der Waals surface area contributed by atoms with E-state index in [0.717, 1.165) is 11.1 Å². The third-order valence-corrected chi connectivity index (χ3v) is 3.16. The first kappa shape index (κ1) is 13.9. The van der Waals surface area contributed by atoms with Crippen LogP contribution < -0.4 is 4.72 Å². The molecule has 2 amide bonds. The molecule has 0 aliphatic carbocycles. The third-order valence-electron chi connectivity index (χ3n) is 1.88. The van der Waals surface area contributed by atoms with Crippen molar-refractivity contribution in [1.82, 2.24) is 14.6 Å². The molecule has 0 saturated heterocycles. The Bertz CT molecular complexity index is 582. The second-order valence-electron chi connectivity index (χ2n) is 3.47. The topological polar surface area (TPSA) is 117 Å². The SMILES string of the molecule is CN(C)C(=O)c1cccnc1S(=O)(=O)NC(=O)O. The number of nitrogens with zero attached hydrogens (tertiary/aromatic N) is 2. The van der Waals surface area contributed by atoms with Crippen LogP contribution in [0.3, 0.4) is 0 Å². The zero-order valence-corrected chi connectivity index (χ0v) is 10.4. The fourth-order valence-corrected chi connectivity index (χ4v) is 2.14. The van der Waals surface area contributed by atoms with E-state index in [9.17, 15) is 18.0 Å². The molecule has 0 saturated carbocycles. The Morgan fingerprint density at radius 3 is 2.50 bits per heavy atom. The average molecular weight is 273 g/mol. The lowest BCUT2D eigenvalue weighted by Crippen LogP contribution is -2.32. The molecule has 0 bridgehead atoms. The summed E-state index contributed by atoms with van der Waals surface area (Å²) in [5.41, 5.74) is -0.198. The van der Waals surface area contributed by atoms with Crippen LogP contribution in [0, 0.1) is 0 Å². The van der Waals surface area contributed by atoms with Crippen LogP contribution in [0.4, 0.5) is 4.79 Å². The van der Waals surface area contributed by atoms with Crippen molar-refractivity contribution in [2.75, 3.05) is 14.1 Å². The van der Waals surface area contributed by atoms with E-state index in [1.165, 1.54) is 31.0 Å². The van der Waals surface area contributed by atoms with Crippen molar-refractivity contribution < 1.29 is 23.1 Å². The number of sulfonamides is 1. The maximum absolute atomic E-state index is 11.7. The quantitative estimate of drug-likeness (QED) is 0.783. The Kier molecular flexibility index (Phi) is 3.86. The number of rotatable bonds is 3. The van der Waals surface area contributed by atoms with Crippen molar-refractivity contribution in [1.29, 1.82) is 0 Å². The number of aromatic nitrogens is 1. The van der Waals surface area contributed by atoms with Gasteiger partial charge in [-0.25, -0.2) is 14.5 Å². The van der Waals surface area contributed by atoms with Gasteiger partial charge in [0.1, 0.15) is 0 Å². The van der Waals surface area contributed by atoms with Crippen LogP contribution in [0.1, 0.15) is 10.4 Å². The number of hydrogen-bond donors (Lipinski definition) is 2. The van der Waals surface area contributed by atoms with E-state index in [4.69, 9.17) is 5.11 Å². The molecule has 0 aromatic carbocycles. The molecule has 18 heavy (non-hydrogen) atoms. The fraction of sp³-hybridized carbons (Fsp3) is 0.222. The lowest BCUT2D eigenvalue weighted by Gasteiger charge is -2.12. The third kappa shape index (κ3) is 2.94. The van der Waals surface area contributed by atoms with Gasteiger partial charge in [-0.05, 0) is 12.1 Å². The Hall–Kier alpha value is -2.16. The van der Waals surface area contributed by atoms with E-state index in [1.54, 1.807) is 0 Å². The zero-order chi connectivity index (χ0) is 13.9. The molecule has 0 aliphatic heterocycles. The number of carbonyl (C=O) groups is 2. The van der Waals surface area contributed by atoms with E-state index >= 15 is 0 Å². The van der Waals surface area contributed by atoms with E-state index < -0.39 is 27.0 Å². The minimum Gasteiger partial charge on any atom is -0.464 e. The van der Waals surface area contributed by atoms with Gasteiger partial charge in [0.05, 0.1) is 5.56 Å². The van der Waals surface area contributed by atoms with Gasteiger partial charge >= 0.3 is 6.09 Å². The number of carboxylic acid groups (broad SMARTS) is 1. The summed E-state index contributed by atoms with van der Waals surface area (Å²) in [6.45, 7) is 0. The van der Waals surface area contributed by atoms with Crippen LogP contribution in [0.15, 0.2) is 23.4 Å². The number of nitrogens with one attached hydrogen (secondary N) is 1. The Morgan fingerprint density at radius 1 is 1.39 bits per heavy atom. The summed E-state index contributed by atoms with van der Waals surface area (Å²) >= 11 is 0. The molecule has 9 heteroatoms. The first-order chi connectivity index (χ1) is 8.25. The highest BCUT2D eigenvalue weighted by Crippen LogP contribution is 2.13. The first-order valence-electron chi connectivity index (χ1n) is 4.68. The van der Waals surface area contributed by atoms with Gasteiger partial charge < -0.3 is 10.0 Å². The monoisotopic (exact) mass is 273 g/mol. The Labute approximate surface area is 103 Å². The lowest BCUT2D eigenvalue weighted by atomic mass is 10.2. The van der Waals surface area contributed by atoms with Crippen LogP contribution in [0.25, 0.3) is 0 Å². The van der Waals surface area contributed by atoms with Gasteiger partial charge in [-0.15, -0.1) is 0 Å². The van der Waals surface area contributed by atoms with E-state index in [0.29, 0.717) is 0 Å². The summed E-state index contributed by atoms with van der Waals surface area (Å²) < 4.78 is 24.7. The summed E-state index contributed by atoms with van der Waals surface area (Å²) in [4.78, 5) is 26.8. The maximum Gasteiger partial charge on any atom is 0.418 e. The highest BCUT2D eigenvalue weighted by Gasteiger charge is 2.26. The summed E-state index contributed by atoms with van der Waals surface area (Å²) in [6.07, 6.45) is -0.591. The van der Waals surface area contributed by atoms with Gasteiger partial charge in [-0.3, -0.25) is 4.79 Å². The normalized spacial score (nSPS) is 10.8. The number of pyridine rings is 1. The second-order valence-corrected chi connectivity index (χ2v) is 5.06. The van der Waals surface area contributed by atoms with Crippen molar-refractivity contribution in [3.8, 4) is 0 Å². The predicted octanol–water partition coefficient (Wildman–Crippen LogP) is -0.260. The molecule has 0 fully saturated rings. The molecular formula is C9H11N3O5S. The molecule has 0 atom stereocenters. The fourth-order valence-electron chi connectivity index (χ4n) is 1.17. The van der Waals surface area contributed by atoms with E-state index in [1.807, 2.05) is 0 Å². The zero-order valence-electron chi connectivity index (χ0n) is 9.61. The smallest absolute Gasteiger partial charge is 0.418 e. The van der Waals surface area contributed by atoms with Crippen LogP contribution in [-0.4, -0.2) is 49.5 Å². The summed E-state index contributed by atoms with van der Waals surface area (Å²) in [7, 11) is -1.50. The number of amides is 2. The molecule has 0 aliphatic rings. The molecule has 0 spiro atoms. The standard InChI is InChI=1S/C9H11N3O5S/c1-12(2)8(13)6-4-3-5-10-7(6)18(16,17)11-9(14)15/h3-5,11H,1-2H3,(H,14,15). The summed E-state index contributed by atoms with van der Waals surface area (Å²) in [6, 6.07) is 2.64. The minimum absolute atomic E-state index is 0.198. The molecule has 8 nitrogen and oxygen atoms in total. The van der Waals surface area contributed by atoms with Gasteiger partial charge in [0.2, 0.25) is 0 Å². The van der Waals surface area contributed by atoms with Crippen molar-refractivity contribution in [2.45, 2.75) is 5.03 Å². The van der Waals surface area contributed by atoms with E-state index in [2.05, 4.69) is 4.98 Å². The van der Waals surface area contributed by atoms with Crippen molar-refractivity contribution in [2.24, 2.45) is 0 Å². The second kappa shape index (κ2) is 5.00. The first-order valence-corrected chi connectivity index (χ1v) is 6.16. The molecule has 2 N–H and O–H groups in total. The Balaban J connectivity index is 3.34. The maximum atomic E-state index is 11.7. The molecule has 1 aromatic rings. The van der Waals surface area contributed by atoms with Gasteiger partial charge in [-0.1, -0.05) is 0 Å². The van der Waals surface area contributed by atoms with Crippen molar-refractivity contribution in [3.63, 3.8) is 0 Å². The van der Waals surface area contributed by atoms with Crippen molar-refractivity contribution >= 4 is 22.0 Å². The number of carbonyl (C=O) groups excluding carboxylic acids is 1. The van der Waals surface area contributed by atoms with Crippen LogP contribution in [0.5, 0.6) is 0 Å². The van der Waals surface area contributed by atoms with Gasteiger partial charge in [0, 0.05) is 20.3 Å². The van der Waals surface area contributed by atoms with Crippen LogP contribution >= 0.6 is 0 Å². The molecule has 1 heterocycles. The van der Waals surface area contributed by atoms with Crippen LogP contribution in [0.2, 0.25) is 0 Å². The van der Waals surface area contributed by atoms with Gasteiger partial charge in [-0.2, -0.15) is 8.42 Å². The van der Waals surface area contributed by atoms with E-state index in [-0.39, 0.29) is 5.56 Å². The highest BCUT2D eigenvalue weighted by atomic mass is 32.2. The molecule has 98 valence electrons. The molecule has 0 unspecified atom stereocenters. The molecule has 1 aromatic heterocycles. The largest absolute Gasteiger partial charge is 0.464 e. The molecular weight excluding hydrogens is 262 g/mol. The van der Waals surface area contributed by atoms with Gasteiger partial charge in [0.25, 0.3) is 15.9 Å². The van der Waals surface area contributed by atoms with Crippen LogP contribution in [-0.2, 0) is 10.0 Å². The molecule has 0 radical (unpaired) electrons. The molecule has 1 rings (SSSR count). The predicted molar refractivity (Wildman–Crippen MR) is 60.6 cm³/mol.